The van der Waals surface area contributed by atoms with Gasteiger partial charge in [0.2, 0.25) is 0 Å². The molecular weight excluding hydrogens is 298 g/mol. The number of halogens is 1. The monoisotopic (exact) mass is 309 g/mol. The molecule has 2 rings (SSSR count). The quantitative estimate of drug-likeness (QED) is 0.536. The first-order valence-corrected chi connectivity index (χ1v) is 6.88. The van der Waals surface area contributed by atoms with Crippen LogP contribution in [0.1, 0.15) is 11.1 Å². The topological polar surface area (TPSA) is 51.8 Å². The minimum absolute atomic E-state index is 0.764. The zero-order valence-electron chi connectivity index (χ0n) is 9.35. The number of anilines is 1. The average molecular weight is 310 g/mol. The fraction of sp³-hybridized carbons (Fsp3) is 0.167. The predicted molar refractivity (Wildman–Crippen MR) is 74.9 cm³/mol. The van der Waals surface area contributed by atoms with E-state index in [1.165, 1.54) is 0 Å². The number of rotatable bonds is 3. The van der Waals surface area contributed by atoms with E-state index in [2.05, 4.69) is 32.0 Å². The number of aromatic nitrogens is 2. The van der Waals surface area contributed by atoms with Crippen LogP contribution in [0, 0.1) is 6.92 Å². The largest absolute Gasteiger partial charge is 0.399 e. The highest BCUT2D eigenvalue weighted by atomic mass is 79.9. The first kappa shape index (κ1) is 12.4. The SMILES string of the molecule is Cc1cnc(SCc2cc(N)cc(Br)c2)nc1. The number of nitrogens with zero attached hydrogens (tertiary/aromatic N) is 2. The van der Waals surface area contributed by atoms with Gasteiger partial charge in [0, 0.05) is 28.3 Å². The molecule has 1 aromatic carbocycles. The summed E-state index contributed by atoms with van der Waals surface area (Å²) in [5.41, 5.74) is 8.77. The third-order valence-corrected chi connectivity index (χ3v) is 3.51. The highest BCUT2D eigenvalue weighted by molar-refractivity contribution is 9.10. The summed E-state index contributed by atoms with van der Waals surface area (Å²) < 4.78 is 0.998. The Morgan fingerprint density at radius 2 is 1.94 bits per heavy atom. The maximum absolute atomic E-state index is 5.78. The van der Waals surface area contributed by atoms with Crippen molar-refractivity contribution in [1.82, 2.24) is 9.97 Å². The van der Waals surface area contributed by atoms with Crippen molar-refractivity contribution in [2.45, 2.75) is 17.8 Å². The summed E-state index contributed by atoms with van der Waals surface area (Å²) in [6.07, 6.45) is 3.65. The molecule has 0 aliphatic heterocycles. The second-order valence-electron chi connectivity index (χ2n) is 3.72. The summed E-state index contributed by atoms with van der Waals surface area (Å²) in [7, 11) is 0. The van der Waals surface area contributed by atoms with E-state index < -0.39 is 0 Å². The van der Waals surface area contributed by atoms with Crippen molar-refractivity contribution in [1.29, 1.82) is 0 Å². The summed E-state index contributed by atoms with van der Waals surface area (Å²) in [6, 6.07) is 5.90. The second-order valence-corrected chi connectivity index (χ2v) is 5.58. The number of nitrogens with two attached hydrogens (primary N) is 1. The Kier molecular flexibility index (Phi) is 4.02. The van der Waals surface area contributed by atoms with Crippen molar-refractivity contribution in [2.75, 3.05) is 5.73 Å². The van der Waals surface area contributed by atoms with Gasteiger partial charge in [0.25, 0.3) is 0 Å². The van der Waals surface area contributed by atoms with E-state index in [1.54, 1.807) is 11.8 Å². The summed E-state index contributed by atoms with van der Waals surface area (Å²) in [6.45, 7) is 1.98. The molecule has 1 heterocycles. The van der Waals surface area contributed by atoms with Gasteiger partial charge in [-0.15, -0.1) is 0 Å². The molecular formula is C12H12BrN3S. The predicted octanol–water partition coefficient (Wildman–Crippen LogP) is 3.42. The molecule has 2 N–H and O–H groups in total. The van der Waals surface area contributed by atoms with Crippen LogP contribution in [0.3, 0.4) is 0 Å². The molecule has 0 atom stereocenters. The lowest BCUT2D eigenvalue weighted by Gasteiger charge is -2.03. The van der Waals surface area contributed by atoms with Crippen molar-refractivity contribution in [3.63, 3.8) is 0 Å². The Bertz CT molecular complexity index is 493. The molecule has 17 heavy (non-hydrogen) atoms. The van der Waals surface area contributed by atoms with Gasteiger partial charge in [0.1, 0.15) is 0 Å². The van der Waals surface area contributed by atoms with Gasteiger partial charge in [-0.2, -0.15) is 0 Å². The normalized spacial score (nSPS) is 10.5. The van der Waals surface area contributed by atoms with Crippen molar-refractivity contribution >= 4 is 33.4 Å². The Labute approximate surface area is 113 Å². The molecule has 0 aliphatic carbocycles. The van der Waals surface area contributed by atoms with Crippen LogP contribution < -0.4 is 5.73 Å². The standard InChI is InChI=1S/C12H12BrN3S/c1-8-5-15-12(16-6-8)17-7-9-2-10(13)4-11(14)3-9/h2-6H,7,14H2,1H3. The van der Waals surface area contributed by atoms with Crippen LogP contribution in [0.15, 0.2) is 40.2 Å². The Hall–Kier alpha value is -1.07. The number of thioether (sulfide) groups is 1. The van der Waals surface area contributed by atoms with E-state index >= 15 is 0 Å². The molecule has 3 nitrogen and oxygen atoms in total. The highest BCUT2D eigenvalue weighted by Crippen LogP contribution is 2.23. The third kappa shape index (κ3) is 3.71. The van der Waals surface area contributed by atoms with Crippen molar-refractivity contribution in [3.05, 3.63) is 46.2 Å². The van der Waals surface area contributed by atoms with Crippen LogP contribution in [0.25, 0.3) is 0 Å². The van der Waals surface area contributed by atoms with Gasteiger partial charge in [0.05, 0.1) is 0 Å². The fourth-order valence-corrected chi connectivity index (χ4v) is 2.64. The molecule has 0 radical (unpaired) electrons. The van der Waals surface area contributed by atoms with Gasteiger partial charge in [0.15, 0.2) is 5.16 Å². The molecule has 2 aromatic rings. The van der Waals surface area contributed by atoms with Gasteiger partial charge in [-0.3, -0.25) is 0 Å². The van der Waals surface area contributed by atoms with Gasteiger partial charge >= 0.3 is 0 Å². The summed E-state index contributed by atoms with van der Waals surface area (Å²) in [5, 5.41) is 0.786. The van der Waals surface area contributed by atoms with Crippen LogP contribution >= 0.6 is 27.7 Å². The highest BCUT2D eigenvalue weighted by Gasteiger charge is 2.01. The first-order chi connectivity index (χ1) is 8.13. The van der Waals surface area contributed by atoms with Crippen LogP contribution in [0.5, 0.6) is 0 Å². The number of hydrogen-bond donors (Lipinski definition) is 1. The van der Waals surface area contributed by atoms with Gasteiger partial charge in [-0.1, -0.05) is 27.7 Å². The number of aryl methyl sites for hydroxylation is 1. The van der Waals surface area contributed by atoms with Crippen LogP contribution in [-0.4, -0.2) is 9.97 Å². The summed E-state index contributed by atoms with van der Waals surface area (Å²) >= 11 is 5.03. The second kappa shape index (κ2) is 5.51. The molecule has 0 spiro atoms. The lowest BCUT2D eigenvalue weighted by Crippen LogP contribution is -1.90. The van der Waals surface area contributed by atoms with E-state index in [1.807, 2.05) is 31.5 Å². The minimum Gasteiger partial charge on any atom is -0.399 e. The first-order valence-electron chi connectivity index (χ1n) is 5.10. The van der Waals surface area contributed by atoms with Crippen LogP contribution in [0.2, 0.25) is 0 Å². The number of nitrogen functional groups attached to an aromatic ring is 1. The van der Waals surface area contributed by atoms with Crippen LogP contribution in [0.4, 0.5) is 5.69 Å². The van der Waals surface area contributed by atoms with Gasteiger partial charge in [-0.05, 0) is 36.2 Å². The molecule has 0 amide bonds. The molecule has 0 unspecified atom stereocenters. The van der Waals surface area contributed by atoms with E-state index in [9.17, 15) is 0 Å². The molecule has 0 saturated carbocycles. The number of hydrogen-bond acceptors (Lipinski definition) is 4. The average Bonchev–Trinajstić information content (AvgIpc) is 2.27. The Balaban J connectivity index is 2.04. The zero-order valence-corrected chi connectivity index (χ0v) is 11.8. The molecule has 0 aliphatic rings. The molecule has 5 heteroatoms. The smallest absolute Gasteiger partial charge is 0.187 e. The molecule has 1 aromatic heterocycles. The molecule has 0 saturated heterocycles. The van der Waals surface area contributed by atoms with Gasteiger partial charge in [-0.25, -0.2) is 9.97 Å². The van der Waals surface area contributed by atoms with Crippen molar-refractivity contribution in [2.24, 2.45) is 0 Å². The molecule has 0 fully saturated rings. The zero-order chi connectivity index (χ0) is 12.3. The number of benzene rings is 1. The summed E-state index contributed by atoms with van der Waals surface area (Å²) in [5.74, 6) is 0.812. The Morgan fingerprint density at radius 1 is 1.24 bits per heavy atom. The van der Waals surface area contributed by atoms with E-state index in [0.717, 1.165) is 32.2 Å². The van der Waals surface area contributed by atoms with Crippen molar-refractivity contribution < 1.29 is 0 Å². The third-order valence-electron chi connectivity index (χ3n) is 2.11. The van der Waals surface area contributed by atoms with Crippen molar-refractivity contribution in [3.8, 4) is 0 Å². The minimum atomic E-state index is 0.764. The van der Waals surface area contributed by atoms with E-state index in [4.69, 9.17) is 5.73 Å². The maximum Gasteiger partial charge on any atom is 0.187 e. The van der Waals surface area contributed by atoms with Gasteiger partial charge < -0.3 is 5.73 Å². The fourth-order valence-electron chi connectivity index (χ4n) is 1.36. The Morgan fingerprint density at radius 3 is 2.59 bits per heavy atom. The van der Waals surface area contributed by atoms with Crippen LogP contribution in [-0.2, 0) is 5.75 Å². The lowest BCUT2D eigenvalue weighted by atomic mass is 10.2. The maximum atomic E-state index is 5.78. The van der Waals surface area contributed by atoms with E-state index in [-0.39, 0.29) is 0 Å². The summed E-state index contributed by atoms with van der Waals surface area (Å²) in [4.78, 5) is 8.49. The molecule has 0 bridgehead atoms. The van der Waals surface area contributed by atoms with E-state index in [0.29, 0.717) is 0 Å². The lowest BCUT2D eigenvalue weighted by molar-refractivity contribution is 0.949. The molecule has 88 valence electrons.